The van der Waals surface area contributed by atoms with Gasteiger partial charge < -0.3 is 14.9 Å². The Bertz CT molecular complexity index is 581. The number of aliphatic hydroxyl groups excluding tert-OH is 2. The van der Waals surface area contributed by atoms with Crippen LogP contribution in [0, 0.1) is 29.6 Å². The van der Waals surface area contributed by atoms with Gasteiger partial charge in [0, 0.05) is 21.9 Å². The third-order valence-corrected chi connectivity index (χ3v) is 7.77. The Hall–Kier alpha value is -0.610. The zero-order chi connectivity index (χ0) is 20.5. The lowest BCUT2D eigenvalue weighted by molar-refractivity contribution is -0.137. The van der Waals surface area contributed by atoms with Crippen LogP contribution >= 0.6 is 11.6 Å². The highest BCUT2D eigenvalue weighted by Gasteiger charge is 2.40. The lowest BCUT2D eigenvalue weighted by Gasteiger charge is -2.24. The lowest BCUT2D eigenvalue weighted by atomic mass is 9.84. The molecule has 0 aliphatic heterocycles. The van der Waals surface area contributed by atoms with E-state index in [-0.39, 0.29) is 28.9 Å². The van der Waals surface area contributed by atoms with E-state index in [1.807, 2.05) is 0 Å². The topological polar surface area (TPSA) is 83.8 Å². The second-order valence-corrected chi connectivity index (χ2v) is 10.1. The van der Waals surface area contributed by atoms with Crippen LogP contribution in [0.4, 0.5) is 0 Å². The molecular formula is C21H33ClO5S. The van der Waals surface area contributed by atoms with Crippen molar-refractivity contribution < 1.29 is 24.0 Å². The molecule has 2 aliphatic rings. The van der Waals surface area contributed by atoms with Crippen molar-refractivity contribution in [2.45, 2.75) is 75.4 Å². The summed E-state index contributed by atoms with van der Waals surface area (Å²) in [7, 11) is 0.0816. The van der Waals surface area contributed by atoms with Gasteiger partial charge in [-0.15, -0.1) is 11.6 Å². The number of unbranched alkanes of at least 4 members (excludes halogenated alkanes) is 1. The fourth-order valence-corrected chi connectivity index (χ4v) is 5.80. The van der Waals surface area contributed by atoms with Crippen LogP contribution in [-0.4, -0.2) is 56.6 Å². The Labute approximate surface area is 176 Å². The molecule has 6 atom stereocenters. The minimum atomic E-state index is -1.21. The molecule has 0 aromatic rings. The molecular weight excluding hydrogens is 400 g/mol. The van der Waals surface area contributed by atoms with E-state index in [9.17, 15) is 19.2 Å². The van der Waals surface area contributed by atoms with Gasteiger partial charge in [-0.05, 0) is 43.9 Å². The summed E-state index contributed by atoms with van der Waals surface area (Å²) in [4.78, 5) is 11.1. The molecule has 2 unspecified atom stereocenters. The van der Waals surface area contributed by atoms with E-state index in [0.29, 0.717) is 12.2 Å². The first-order chi connectivity index (χ1) is 13.4. The molecule has 2 rings (SSSR count). The third kappa shape index (κ3) is 7.33. The molecule has 2 fully saturated rings. The first-order valence-corrected chi connectivity index (χ1v) is 12.3. The van der Waals surface area contributed by atoms with E-state index < -0.39 is 29.0 Å². The number of alkyl halides is 1. The van der Waals surface area contributed by atoms with Gasteiger partial charge in [0.2, 0.25) is 0 Å². The third-order valence-electron chi connectivity index (χ3n) is 5.97. The van der Waals surface area contributed by atoms with Gasteiger partial charge in [-0.1, -0.05) is 37.5 Å². The highest BCUT2D eigenvalue weighted by Crippen LogP contribution is 2.39. The van der Waals surface area contributed by atoms with Crippen LogP contribution in [0.2, 0.25) is 0 Å². The molecule has 2 aliphatic carbocycles. The van der Waals surface area contributed by atoms with E-state index >= 15 is 0 Å². The highest BCUT2D eigenvalue weighted by molar-refractivity contribution is 7.85. The molecule has 0 heterocycles. The number of hydrogen-bond donors (Lipinski definition) is 2. The molecule has 0 saturated heterocycles. The van der Waals surface area contributed by atoms with Crippen molar-refractivity contribution in [3.8, 4) is 11.8 Å². The van der Waals surface area contributed by atoms with Crippen molar-refractivity contribution in [3.05, 3.63) is 0 Å². The minimum absolute atomic E-state index is 0.0655. The van der Waals surface area contributed by atoms with Crippen molar-refractivity contribution in [2.75, 3.05) is 18.6 Å². The van der Waals surface area contributed by atoms with Crippen LogP contribution in [0.15, 0.2) is 0 Å². The quantitative estimate of drug-likeness (QED) is 0.266. The van der Waals surface area contributed by atoms with Gasteiger partial charge in [0.05, 0.1) is 19.1 Å². The molecule has 28 heavy (non-hydrogen) atoms. The van der Waals surface area contributed by atoms with Crippen LogP contribution in [-0.2, 0) is 20.3 Å². The van der Waals surface area contributed by atoms with Crippen molar-refractivity contribution in [3.63, 3.8) is 0 Å². The zero-order valence-electron chi connectivity index (χ0n) is 16.6. The number of carbonyl (C=O) groups is 1. The number of aliphatic hydroxyl groups is 2. The highest BCUT2D eigenvalue weighted by atomic mass is 35.5. The van der Waals surface area contributed by atoms with Gasteiger partial charge in [-0.25, -0.2) is 0 Å². The number of ether oxygens (including phenoxy) is 1. The Kier molecular flexibility index (Phi) is 10.3. The summed E-state index contributed by atoms with van der Waals surface area (Å²) in [6, 6.07) is 0. The Morgan fingerprint density at radius 3 is 2.68 bits per heavy atom. The van der Waals surface area contributed by atoms with Crippen molar-refractivity contribution in [2.24, 2.45) is 17.8 Å². The Morgan fingerprint density at radius 1 is 1.29 bits per heavy atom. The van der Waals surface area contributed by atoms with Crippen LogP contribution in [0.3, 0.4) is 0 Å². The SMILES string of the molecule is COC(=O)CS(=O)CCCC[C@@H]1[C@@H](C#CC(O)C2CCCCC2)[C@H](O)C[C@H]1Cl. The number of rotatable bonds is 8. The van der Waals surface area contributed by atoms with Crippen molar-refractivity contribution in [1.82, 2.24) is 0 Å². The lowest BCUT2D eigenvalue weighted by Crippen LogP contribution is -2.23. The van der Waals surface area contributed by atoms with Crippen LogP contribution < -0.4 is 0 Å². The number of esters is 1. The van der Waals surface area contributed by atoms with Crippen LogP contribution in [0.1, 0.15) is 57.8 Å². The van der Waals surface area contributed by atoms with E-state index in [1.54, 1.807) is 0 Å². The zero-order valence-corrected chi connectivity index (χ0v) is 18.2. The average molecular weight is 433 g/mol. The number of halogens is 1. The van der Waals surface area contributed by atoms with Crippen LogP contribution in [0.25, 0.3) is 0 Å². The van der Waals surface area contributed by atoms with E-state index in [2.05, 4.69) is 16.6 Å². The first-order valence-electron chi connectivity index (χ1n) is 10.4. The molecule has 0 aromatic heterocycles. The smallest absolute Gasteiger partial charge is 0.318 e. The largest absolute Gasteiger partial charge is 0.468 e. The maximum Gasteiger partial charge on any atom is 0.318 e. The summed E-state index contributed by atoms with van der Waals surface area (Å²) in [5.41, 5.74) is 0. The van der Waals surface area contributed by atoms with Gasteiger partial charge >= 0.3 is 5.97 Å². The molecule has 2 N–H and O–H groups in total. The molecule has 5 nitrogen and oxygen atoms in total. The maximum atomic E-state index is 11.8. The summed E-state index contributed by atoms with van der Waals surface area (Å²) in [5, 5.41) is 20.6. The second-order valence-electron chi connectivity index (χ2n) is 8.00. The monoisotopic (exact) mass is 432 g/mol. The van der Waals surface area contributed by atoms with Crippen LogP contribution in [0.5, 0.6) is 0 Å². The fraction of sp³-hybridized carbons (Fsp3) is 0.857. The van der Waals surface area contributed by atoms with Gasteiger partial charge in [0.15, 0.2) is 0 Å². The van der Waals surface area contributed by atoms with E-state index in [4.69, 9.17) is 11.6 Å². The predicted molar refractivity (Wildman–Crippen MR) is 111 cm³/mol. The van der Waals surface area contributed by atoms with E-state index in [0.717, 1.165) is 44.9 Å². The standard InChI is InChI=1S/C21H33ClO5S/c1-27-21(25)14-28(26)12-6-5-9-16-17(20(24)13-18(16)22)10-11-19(23)15-7-3-2-4-8-15/h15-20,23-24H,2-9,12-14H2,1H3/t16-,17-,18-,19?,20-,28?/m1/s1. The van der Waals surface area contributed by atoms with Gasteiger partial charge in [-0.3, -0.25) is 9.00 Å². The Balaban J connectivity index is 1.82. The molecule has 0 amide bonds. The van der Waals surface area contributed by atoms with Gasteiger partial charge in [0.1, 0.15) is 11.9 Å². The summed E-state index contributed by atoms with van der Waals surface area (Å²) in [6.45, 7) is 0. The fourth-order valence-electron chi connectivity index (χ4n) is 4.28. The molecule has 0 radical (unpaired) electrons. The summed E-state index contributed by atoms with van der Waals surface area (Å²) in [6.07, 6.45) is 7.24. The normalized spacial score (nSPS) is 30.3. The summed E-state index contributed by atoms with van der Waals surface area (Å²) >= 11 is 6.45. The number of carbonyl (C=O) groups excluding carboxylic acids is 1. The Morgan fingerprint density at radius 2 is 2.00 bits per heavy atom. The maximum absolute atomic E-state index is 11.8. The summed E-state index contributed by atoms with van der Waals surface area (Å²) in [5.74, 6) is 6.16. The molecule has 160 valence electrons. The van der Waals surface area contributed by atoms with Crippen molar-refractivity contribution in [1.29, 1.82) is 0 Å². The average Bonchev–Trinajstić information content (AvgIpc) is 2.96. The number of hydrogen-bond acceptors (Lipinski definition) is 5. The van der Waals surface area contributed by atoms with Crippen molar-refractivity contribution >= 4 is 28.4 Å². The molecule has 2 saturated carbocycles. The molecule has 0 bridgehead atoms. The van der Waals surface area contributed by atoms with Gasteiger partial charge in [0.25, 0.3) is 0 Å². The van der Waals surface area contributed by atoms with Gasteiger partial charge in [-0.2, -0.15) is 0 Å². The summed E-state index contributed by atoms with van der Waals surface area (Å²) < 4.78 is 16.3. The predicted octanol–water partition coefficient (Wildman–Crippen LogP) is 2.63. The minimum Gasteiger partial charge on any atom is -0.468 e. The first kappa shape index (κ1) is 23.7. The van der Waals surface area contributed by atoms with E-state index in [1.165, 1.54) is 13.5 Å². The molecule has 7 heteroatoms. The molecule has 0 aromatic carbocycles. The molecule has 0 spiro atoms. The second kappa shape index (κ2) is 12.2. The number of methoxy groups -OCH3 is 1.